The van der Waals surface area contributed by atoms with Crippen molar-refractivity contribution in [2.24, 2.45) is 0 Å². The van der Waals surface area contributed by atoms with Crippen LogP contribution in [0.4, 0.5) is 5.69 Å². The predicted octanol–water partition coefficient (Wildman–Crippen LogP) is 3.02. The molecule has 1 N–H and O–H groups in total. The average Bonchev–Trinajstić information content (AvgIpc) is 2.87. The Bertz CT molecular complexity index is 1270. The van der Waals surface area contributed by atoms with E-state index in [1.807, 2.05) is 54.3 Å². The van der Waals surface area contributed by atoms with E-state index in [-0.39, 0.29) is 18.4 Å². The Morgan fingerprint density at radius 3 is 2.71 bits per heavy atom. The molecule has 0 radical (unpaired) electrons. The number of methoxy groups -OCH3 is 1. The van der Waals surface area contributed by atoms with Gasteiger partial charge in [0.1, 0.15) is 5.75 Å². The average molecular weight is 475 g/mol. The molecule has 0 atom stereocenters. The number of amides is 2. The van der Waals surface area contributed by atoms with E-state index in [1.165, 1.54) is 0 Å². The zero-order valence-corrected chi connectivity index (χ0v) is 20.2. The number of carbonyl (C=O) groups excluding carboxylic acids is 2. The largest absolute Gasteiger partial charge is 0.495 e. The Balaban J connectivity index is 1.41. The maximum Gasteiger partial charge on any atom is 0.255 e. The topological polar surface area (TPSA) is 84.0 Å². The van der Waals surface area contributed by atoms with Crippen LogP contribution in [0.1, 0.15) is 27.2 Å². The summed E-state index contributed by atoms with van der Waals surface area (Å²) in [7, 11) is 1.59. The van der Waals surface area contributed by atoms with E-state index in [0.717, 1.165) is 27.7 Å². The van der Waals surface area contributed by atoms with Crippen LogP contribution in [0.2, 0.25) is 0 Å². The Kier molecular flexibility index (Phi) is 6.66. The number of carbonyl (C=O) groups is 2. The van der Waals surface area contributed by atoms with Gasteiger partial charge in [0, 0.05) is 49.2 Å². The minimum absolute atomic E-state index is 0.0129. The van der Waals surface area contributed by atoms with Crippen molar-refractivity contribution in [2.45, 2.75) is 19.9 Å². The predicted molar refractivity (Wildman–Crippen MR) is 134 cm³/mol. The zero-order valence-electron chi connectivity index (χ0n) is 20.2. The lowest BCUT2D eigenvalue weighted by Crippen LogP contribution is -2.42. The molecule has 0 bridgehead atoms. The molecule has 0 unspecified atom stereocenters. The second kappa shape index (κ2) is 10.0. The standard InChI is InChI=1S/C27H30N4O4/c1-18-7-8-24(34-2)23(15-18)29-25(32)17-30-10-9-22-20(16-30)26(19-5-3-4-6-21(19)28-22)27(33)31-11-13-35-14-12-31/h3-8,15H,9-14,16-17H2,1-2H3,(H,29,32). The number of hydrogen-bond donors (Lipinski definition) is 1. The molecule has 3 heterocycles. The van der Waals surface area contributed by atoms with Crippen LogP contribution in [0.15, 0.2) is 42.5 Å². The highest BCUT2D eigenvalue weighted by Crippen LogP contribution is 2.30. The van der Waals surface area contributed by atoms with E-state index in [2.05, 4.69) is 10.2 Å². The van der Waals surface area contributed by atoms with Gasteiger partial charge >= 0.3 is 0 Å². The number of fused-ring (bicyclic) bond motifs is 2. The van der Waals surface area contributed by atoms with E-state index in [9.17, 15) is 9.59 Å². The first-order valence-electron chi connectivity index (χ1n) is 12.0. The van der Waals surface area contributed by atoms with Crippen molar-refractivity contribution in [2.75, 3.05) is 51.8 Å². The number of aromatic nitrogens is 1. The summed E-state index contributed by atoms with van der Waals surface area (Å²) in [4.78, 5) is 35.4. The van der Waals surface area contributed by atoms with Crippen LogP contribution in [0.25, 0.3) is 10.9 Å². The third-order valence-corrected chi connectivity index (χ3v) is 6.63. The third kappa shape index (κ3) is 4.85. The van der Waals surface area contributed by atoms with E-state index >= 15 is 0 Å². The van der Waals surface area contributed by atoms with Crippen LogP contribution in [0.5, 0.6) is 5.75 Å². The molecule has 1 fully saturated rings. The maximum atomic E-state index is 13.7. The molecule has 35 heavy (non-hydrogen) atoms. The number of pyridine rings is 1. The summed E-state index contributed by atoms with van der Waals surface area (Å²) in [6, 6.07) is 13.5. The number of para-hydroxylation sites is 1. The van der Waals surface area contributed by atoms with Gasteiger partial charge in [-0.15, -0.1) is 0 Å². The molecule has 2 aliphatic heterocycles. The van der Waals surface area contributed by atoms with Crippen molar-refractivity contribution in [3.8, 4) is 5.75 Å². The molecule has 8 nitrogen and oxygen atoms in total. The molecule has 0 spiro atoms. The van der Waals surface area contributed by atoms with Gasteiger partial charge in [-0.2, -0.15) is 0 Å². The van der Waals surface area contributed by atoms with Crippen molar-refractivity contribution in [1.29, 1.82) is 0 Å². The van der Waals surface area contributed by atoms with Crippen molar-refractivity contribution >= 4 is 28.4 Å². The molecule has 1 aromatic heterocycles. The first kappa shape index (κ1) is 23.3. The van der Waals surface area contributed by atoms with Crippen molar-refractivity contribution in [3.63, 3.8) is 0 Å². The number of nitrogens with zero attached hydrogens (tertiary/aromatic N) is 3. The number of rotatable bonds is 5. The molecule has 182 valence electrons. The van der Waals surface area contributed by atoms with Gasteiger partial charge in [-0.3, -0.25) is 19.5 Å². The van der Waals surface area contributed by atoms with Crippen LogP contribution >= 0.6 is 0 Å². The molecule has 2 aliphatic rings. The lowest BCUT2D eigenvalue weighted by atomic mass is 9.94. The molecule has 0 saturated carbocycles. The van der Waals surface area contributed by atoms with Gasteiger partial charge in [0.2, 0.25) is 5.91 Å². The highest BCUT2D eigenvalue weighted by atomic mass is 16.5. The summed E-state index contributed by atoms with van der Waals surface area (Å²) in [5.41, 5.74) is 5.10. The Morgan fingerprint density at radius 1 is 1.11 bits per heavy atom. The number of ether oxygens (including phenoxy) is 2. The van der Waals surface area contributed by atoms with Crippen molar-refractivity contribution in [1.82, 2.24) is 14.8 Å². The lowest BCUT2D eigenvalue weighted by molar-refractivity contribution is -0.117. The van der Waals surface area contributed by atoms with Crippen LogP contribution in [0, 0.1) is 6.92 Å². The number of hydrogen-bond acceptors (Lipinski definition) is 6. The molecule has 0 aliphatic carbocycles. The molecular formula is C27H30N4O4. The number of nitrogens with one attached hydrogen (secondary N) is 1. The summed E-state index contributed by atoms with van der Waals surface area (Å²) in [6.07, 6.45) is 0.685. The van der Waals surface area contributed by atoms with Gasteiger partial charge in [-0.25, -0.2) is 0 Å². The van der Waals surface area contributed by atoms with Gasteiger partial charge in [-0.1, -0.05) is 24.3 Å². The summed E-state index contributed by atoms with van der Waals surface area (Å²) < 4.78 is 10.8. The maximum absolute atomic E-state index is 13.7. The molecular weight excluding hydrogens is 444 g/mol. The van der Waals surface area contributed by atoms with Crippen LogP contribution < -0.4 is 10.1 Å². The monoisotopic (exact) mass is 474 g/mol. The first-order valence-corrected chi connectivity index (χ1v) is 12.0. The first-order chi connectivity index (χ1) is 17.0. The number of morpholine rings is 1. The SMILES string of the molecule is COc1ccc(C)cc1NC(=O)CN1CCc2nc3ccccc3c(C(=O)N3CCOCC3)c2C1. The molecule has 2 amide bonds. The molecule has 1 saturated heterocycles. The third-order valence-electron chi connectivity index (χ3n) is 6.63. The summed E-state index contributed by atoms with van der Waals surface area (Å²) in [6.45, 7) is 5.63. The van der Waals surface area contributed by atoms with Crippen molar-refractivity contribution < 1.29 is 19.1 Å². The Labute approximate surface area is 204 Å². The van der Waals surface area contributed by atoms with E-state index < -0.39 is 0 Å². The molecule has 8 heteroatoms. The number of anilines is 1. The van der Waals surface area contributed by atoms with Crippen molar-refractivity contribution in [3.05, 3.63) is 64.8 Å². The minimum atomic E-state index is -0.118. The van der Waals surface area contributed by atoms with Gasteiger partial charge in [0.15, 0.2) is 0 Å². The van der Waals surface area contributed by atoms with E-state index in [4.69, 9.17) is 14.5 Å². The zero-order chi connectivity index (χ0) is 24.4. The smallest absolute Gasteiger partial charge is 0.255 e. The fourth-order valence-electron chi connectivity index (χ4n) is 4.86. The second-order valence-corrected chi connectivity index (χ2v) is 9.05. The quantitative estimate of drug-likeness (QED) is 0.612. The summed E-state index contributed by atoms with van der Waals surface area (Å²) >= 11 is 0. The van der Waals surface area contributed by atoms with Gasteiger partial charge < -0.3 is 19.7 Å². The van der Waals surface area contributed by atoms with Crippen LogP contribution in [-0.2, 0) is 22.5 Å². The number of aryl methyl sites for hydroxylation is 1. The second-order valence-electron chi connectivity index (χ2n) is 9.05. The van der Waals surface area contributed by atoms with E-state index in [0.29, 0.717) is 62.8 Å². The van der Waals surface area contributed by atoms with Gasteiger partial charge in [0.25, 0.3) is 5.91 Å². The van der Waals surface area contributed by atoms with Gasteiger partial charge in [-0.05, 0) is 30.7 Å². The highest BCUT2D eigenvalue weighted by molar-refractivity contribution is 6.07. The normalized spacial score (nSPS) is 16.1. The molecule has 5 rings (SSSR count). The fourth-order valence-corrected chi connectivity index (χ4v) is 4.86. The van der Waals surface area contributed by atoms with E-state index in [1.54, 1.807) is 7.11 Å². The summed E-state index contributed by atoms with van der Waals surface area (Å²) in [5.74, 6) is 0.521. The molecule has 3 aromatic rings. The highest BCUT2D eigenvalue weighted by Gasteiger charge is 2.29. The van der Waals surface area contributed by atoms with Crippen LogP contribution in [0.3, 0.4) is 0 Å². The minimum Gasteiger partial charge on any atom is -0.495 e. The van der Waals surface area contributed by atoms with Gasteiger partial charge in [0.05, 0.1) is 43.6 Å². The lowest BCUT2D eigenvalue weighted by Gasteiger charge is -2.32. The van der Waals surface area contributed by atoms with Crippen LogP contribution in [-0.4, -0.2) is 73.1 Å². The Morgan fingerprint density at radius 2 is 1.91 bits per heavy atom. The fraction of sp³-hybridized carbons (Fsp3) is 0.370. The Hall–Kier alpha value is -3.49. The molecule has 2 aromatic carbocycles. The number of benzene rings is 2. The summed E-state index contributed by atoms with van der Waals surface area (Å²) in [5, 5.41) is 3.84.